The van der Waals surface area contributed by atoms with Gasteiger partial charge in [-0.25, -0.2) is 0 Å². The second-order valence-electron chi connectivity index (χ2n) is 10.4. The summed E-state index contributed by atoms with van der Waals surface area (Å²) in [5.74, 6) is -0.294. The number of ether oxygens (including phenoxy) is 1. The number of para-hydroxylation sites is 1. The number of fused-ring (bicyclic) bond motifs is 1. The van der Waals surface area contributed by atoms with Gasteiger partial charge in [0.25, 0.3) is 11.5 Å². The Morgan fingerprint density at radius 2 is 1.92 bits per heavy atom. The minimum absolute atomic E-state index is 0.0436. The maximum Gasteiger partial charge on any atom is 0.317 e. The molecular formula is C28H35N5O5. The molecule has 2 aromatic heterocycles. The molecule has 3 aromatic rings. The van der Waals surface area contributed by atoms with Crippen LogP contribution < -0.4 is 20.9 Å². The predicted octanol–water partition coefficient (Wildman–Crippen LogP) is 2.33. The summed E-state index contributed by atoms with van der Waals surface area (Å²) in [5, 5.41) is 16.7. The summed E-state index contributed by atoms with van der Waals surface area (Å²) < 4.78 is 7.68. The number of pyridine rings is 1. The second-order valence-corrected chi connectivity index (χ2v) is 10.4. The Morgan fingerprint density at radius 1 is 1.21 bits per heavy atom. The van der Waals surface area contributed by atoms with Gasteiger partial charge in [-0.15, -0.1) is 0 Å². The topological polar surface area (TPSA) is 129 Å². The lowest BCUT2D eigenvalue weighted by atomic mass is 9.77. The second kappa shape index (κ2) is 10.3. The number of hydrogen-bond acceptors (Lipinski definition) is 6. The van der Waals surface area contributed by atoms with Crippen LogP contribution in [0.5, 0.6) is 5.75 Å². The van der Waals surface area contributed by atoms with Gasteiger partial charge in [0.1, 0.15) is 5.75 Å². The summed E-state index contributed by atoms with van der Waals surface area (Å²) in [6, 6.07) is 9.68. The summed E-state index contributed by atoms with van der Waals surface area (Å²) in [7, 11) is 1.51. The van der Waals surface area contributed by atoms with Crippen molar-refractivity contribution < 1.29 is 19.4 Å². The molecule has 1 amide bonds. The molecule has 5 rings (SSSR count). The smallest absolute Gasteiger partial charge is 0.317 e. The van der Waals surface area contributed by atoms with Crippen molar-refractivity contribution >= 4 is 22.8 Å². The van der Waals surface area contributed by atoms with Crippen molar-refractivity contribution in [3.05, 3.63) is 63.2 Å². The number of amides is 1. The number of nitrogens with one attached hydrogen (secondary N) is 3. The number of likely N-dealkylation sites (tertiary alicyclic amines) is 1. The standard InChI is InChI=1S/C28H35N5O5/c1-17-14-23(38-3)21(26(36)31-17)15-29-27(37)25-18(2)33(22-7-5-4-6-20(22)25)28(10-11-30-28)19-8-12-32(13-9-19)16-24(34)35/h4-7,14,19,30H,8-13,15-16H2,1-3H3,(H,29,37)(H,31,36)(H,34,35). The first-order valence-corrected chi connectivity index (χ1v) is 13.1. The zero-order valence-corrected chi connectivity index (χ0v) is 22.1. The number of hydrogen-bond donors (Lipinski definition) is 4. The molecule has 4 heterocycles. The molecule has 10 nitrogen and oxygen atoms in total. The molecule has 0 bridgehead atoms. The largest absolute Gasteiger partial charge is 0.496 e. The molecule has 2 saturated heterocycles. The van der Waals surface area contributed by atoms with Gasteiger partial charge in [0, 0.05) is 23.3 Å². The van der Waals surface area contributed by atoms with Crippen LogP contribution in [0, 0.1) is 19.8 Å². The fourth-order valence-corrected chi connectivity index (χ4v) is 6.32. The van der Waals surface area contributed by atoms with Gasteiger partial charge in [0.2, 0.25) is 0 Å². The first-order valence-electron chi connectivity index (χ1n) is 13.1. The van der Waals surface area contributed by atoms with E-state index in [0.717, 1.165) is 55.5 Å². The van der Waals surface area contributed by atoms with E-state index in [4.69, 9.17) is 4.74 Å². The molecule has 0 radical (unpaired) electrons. The number of H-pyrrole nitrogens is 1. The zero-order valence-electron chi connectivity index (χ0n) is 22.1. The van der Waals surface area contributed by atoms with Crippen LogP contribution in [0.15, 0.2) is 35.1 Å². The Kier molecular flexibility index (Phi) is 7.02. The van der Waals surface area contributed by atoms with E-state index >= 15 is 0 Å². The summed E-state index contributed by atoms with van der Waals surface area (Å²) in [4.78, 5) is 42.1. The molecule has 4 N–H and O–H groups in total. The monoisotopic (exact) mass is 521 g/mol. The average molecular weight is 522 g/mol. The summed E-state index contributed by atoms with van der Waals surface area (Å²) >= 11 is 0. The van der Waals surface area contributed by atoms with Crippen molar-refractivity contribution in [3.8, 4) is 5.75 Å². The molecule has 202 valence electrons. The van der Waals surface area contributed by atoms with Crippen LogP contribution in [0.1, 0.15) is 46.6 Å². The number of methoxy groups -OCH3 is 1. The number of rotatable bonds is 8. The summed E-state index contributed by atoms with van der Waals surface area (Å²) in [6.07, 6.45) is 2.70. The molecule has 2 aliphatic heterocycles. The van der Waals surface area contributed by atoms with Crippen molar-refractivity contribution in [3.63, 3.8) is 0 Å². The van der Waals surface area contributed by atoms with Crippen molar-refractivity contribution in [2.45, 2.75) is 45.3 Å². The van der Waals surface area contributed by atoms with Crippen LogP contribution in [-0.2, 0) is 17.0 Å². The third-order valence-corrected chi connectivity index (χ3v) is 8.17. The molecule has 2 fully saturated rings. The number of carboxylic acids is 1. The molecule has 2 aliphatic rings. The van der Waals surface area contributed by atoms with Crippen molar-refractivity contribution in [1.82, 2.24) is 25.1 Å². The van der Waals surface area contributed by atoms with E-state index in [1.54, 1.807) is 13.0 Å². The van der Waals surface area contributed by atoms with Crippen LogP contribution in [0.4, 0.5) is 0 Å². The van der Waals surface area contributed by atoms with E-state index in [9.17, 15) is 19.5 Å². The van der Waals surface area contributed by atoms with E-state index < -0.39 is 5.97 Å². The summed E-state index contributed by atoms with van der Waals surface area (Å²) in [5.41, 5.74) is 2.91. The van der Waals surface area contributed by atoms with Crippen molar-refractivity contribution in [2.75, 3.05) is 33.3 Å². The SMILES string of the molecule is COc1cc(C)[nH]c(=O)c1CNC(=O)c1c(C)n(C2(C3CCN(CC(=O)O)CC3)CCN2)c2ccccc12. The number of piperidine rings is 1. The number of aromatic amines is 1. The first-order chi connectivity index (χ1) is 18.2. The third-order valence-electron chi connectivity index (χ3n) is 8.17. The Hall–Kier alpha value is -3.63. The van der Waals surface area contributed by atoms with Gasteiger partial charge in [0.15, 0.2) is 0 Å². The number of carboxylic acid groups (broad SMARTS) is 1. The highest BCUT2D eigenvalue weighted by Crippen LogP contribution is 2.44. The van der Waals surface area contributed by atoms with Gasteiger partial charge in [0.05, 0.1) is 42.5 Å². The minimum Gasteiger partial charge on any atom is -0.496 e. The van der Waals surface area contributed by atoms with E-state index in [-0.39, 0.29) is 30.2 Å². The van der Waals surface area contributed by atoms with Crippen molar-refractivity contribution in [1.29, 1.82) is 0 Å². The Labute approximate surface area is 221 Å². The maximum absolute atomic E-state index is 13.6. The van der Waals surface area contributed by atoms with Gasteiger partial charge in [-0.2, -0.15) is 0 Å². The van der Waals surface area contributed by atoms with Crippen LogP contribution in [0.25, 0.3) is 10.9 Å². The van der Waals surface area contributed by atoms with E-state index in [0.29, 0.717) is 28.5 Å². The molecule has 10 heteroatoms. The minimum atomic E-state index is -0.798. The Morgan fingerprint density at radius 3 is 2.55 bits per heavy atom. The molecule has 0 spiro atoms. The lowest BCUT2D eigenvalue weighted by Gasteiger charge is -2.53. The fourth-order valence-electron chi connectivity index (χ4n) is 6.32. The molecule has 0 aliphatic carbocycles. The molecule has 38 heavy (non-hydrogen) atoms. The van der Waals surface area contributed by atoms with E-state index in [1.165, 1.54) is 7.11 Å². The lowest BCUT2D eigenvalue weighted by molar-refractivity contribution is -0.139. The van der Waals surface area contributed by atoms with Crippen LogP contribution in [-0.4, -0.2) is 64.7 Å². The van der Waals surface area contributed by atoms with Gasteiger partial charge >= 0.3 is 5.97 Å². The number of nitrogens with zero attached hydrogens (tertiary/aromatic N) is 2. The molecule has 0 saturated carbocycles. The number of aromatic nitrogens is 2. The Balaban J connectivity index is 1.46. The van der Waals surface area contributed by atoms with E-state index in [1.807, 2.05) is 36.1 Å². The molecule has 1 atom stereocenters. The highest BCUT2D eigenvalue weighted by molar-refractivity contribution is 6.08. The fraction of sp³-hybridized carbons (Fsp3) is 0.464. The maximum atomic E-state index is 13.6. The average Bonchev–Trinajstić information content (AvgIpc) is 3.15. The highest BCUT2D eigenvalue weighted by Gasteiger charge is 2.48. The number of carbonyl (C=O) groups excluding carboxylic acids is 1. The number of aryl methyl sites for hydroxylation is 1. The van der Waals surface area contributed by atoms with E-state index in [2.05, 4.69) is 20.2 Å². The molecular weight excluding hydrogens is 486 g/mol. The van der Waals surface area contributed by atoms with Crippen LogP contribution >= 0.6 is 0 Å². The van der Waals surface area contributed by atoms with Gasteiger partial charge < -0.3 is 24.7 Å². The zero-order chi connectivity index (χ0) is 27.0. The quantitative estimate of drug-likeness (QED) is 0.358. The lowest BCUT2D eigenvalue weighted by Crippen LogP contribution is -2.64. The van der Waals surface area contributed by atoms with Crippen LogP contribution in [0.3, 0.4) is 0 Å². The number of carbonyl (C=O) groups is 2. The molecule has 1 aromatic carbocycles. The predicted molar refractivity (Wildman–Crippen MR) is 144 cm³/mol. The Bertz CT molecular complexity index is 1430. The van der Waals surface area contributed by atoms with Gasteiger partial charge in [-0.3, -0.25) is 24.6 Å². The summed E-state index contributed by atoms with van der Waals surface area (Å²) in [6.45, 7) is 6.23. The number of aliphatic carboxylic acids is 1. The van der Waals surface area contributed by atoms with Gasteiger partial charge in [-0.1, -0.05) is 18.2 Å². The first kappa shape index (κ1) is 26.0. The highest BCUT2D eigenvalue weighted by atomic mass is 16.5. The third kappa shape index (κ3) is 4.48. The normalized spacial score (nSPS) is 20.3. The van der Waals surface area contributed by atoms with Crippen molar-refractivity contribution in [2.24, 2.45) is 5.92 Å². The number of benzene rings is 1. The van der Waals surface area contributed by atoms with Gasteiger partial charge in [-0.05, 0) is 64.3 Å². The molecule has 1 unspecified atom stereocenters. The van der Waals surface area contributed by atoms with Crippen LogP contribution in [0.2, 0.25) is 0 Å².